The molecule has 0 spiro atoms. The number of carbonyl (C=O) groups is 2. The van der Waals surface area contributed by atoms with E-state index in [0.717, 1.165) is 18.6 Å². The maximum atomic E-state index is 13.4. The second-order valence-corrected chi connectivity index (χ2v) is 9.27. The minimum Gasteiger partial charge on any atom is -0.341 e. The first-order chi connectivity index (χ1) is 18.0. The van der Waals surface area contributed by atoms with Gasteiger partial charge in [-0.25, -0.2) is 14.9 Å². The highest BCUT2D eigenvalue weighted by molar-refractivity contribution is 6.30. The average molecular weight is 548 g/mol. The van der Waals surface area contributed by atoms with Crippen LogP contribution in [0.3, 0.4) is 0 Å². The molecule has 0 saturated carbocycles. The fourth-order valence-corrected chi connectivity index (χ4v) is 3.99. The summed E-state index contributed by atoms with van der Waals surface area (Å²) in [4.78, 5) is 37.5. The molecule has 1 heterocycles. The Morgan fingerprint density at radius 3 is 2.37 bits per heavy atom. The molecule has 3 aromatic rings. The summed E-state index contributed by atoms with van der Waals surface area (Å²) in [5.74, 6) is -0.658. The van der Waals surface area contributed by atoms with Crippen LogP contribution < -0.4 is 10.2 Å². The SMILES string of the molecule is CCC(NC(=O)CCCC(=O)N(c1ccc(C(F)(F)F)cc1)c1nccc(-c2cccc(Cl)c2)n1)N(C)C. The molecule has 1 aromatic heterocycles. The summed E-state index contributed by atoms with van der Waals surface area (Å²) >= 11 is 6.10. The third-order valence-electron chi connectivity index (χ3n) is 5.80. The van der Waals surface area contributed by atoms with Crippen LogP contribution in [0.15, 0.2) is 60.8 Å². The average Bonchev–Trinajstić information content (AvgIpc) is 2.87. The molecule has 202 valence electrons. The monoisotopic (exact) mass is 547 g/mol. The Morgan fingerprint density at radius 2 is 1.76 bits per heavy atom. The minimum atomic E-state index is -4.52. The number of nitrogens with zero attached hydrogens (tertiary/aromatic N) is 4. The lowest BCUT2D eigenvalue weighted by Crippen LogP contribution is -2.44. The molecular weight excluding hydrogens is 519 g/mol. The molecule has 1 N–H and O–H groups in total. The molecular formula is C27H29ClF3N5O2. The van der Waals surface area contributed by atoms with Crippen molar-refractivity contribution in [1.29, 1.82) is 0 Å². The van der Waals surface area contributed by atoms with Gasteiger partial charge in [0.15, 0.2) is 0 Å². The third kappa shape index (κ3) is 7.75. The zero-order chi connectivity index (χ0) is 27.9. The maximum Gasteiger partial charge on any atom is 0.416 e. The van der Waals surface area contributed by atoms with Crippen molar-refractivity contribution in [3.05, 3.63) is 71.4 Å². The van der Waals surface area contributed by atoms with E-state index < -0.39 is 17.6 Å². The van der Waals surface area contributed by atoms with Crippen LogP contribution in [0.25, 0.3) is 11.3 Å². The Bertz CT molecular complexity index is 1250. The molecule has 0 bridgehead atoms. The quantitative estimate of drug-likeness (QED) is 0.312. The second kappa shape index (κ2) is 12.8. The summed E-state index contributed by atoms with van der Waals surface area (Å²) in [5.41, 5.74) is 0.500. The minimum absolute atomic E-state index is 0.00431. The van der Waals surface area contributed by atoms with E-state index in [-0.39, 0.29) is 43.0 Å². The molecule has 0 aliphatic carbocycles. The third-order valence-corrected chi connectivity index (χ3v) is 6.03. The number of hydrogen-bond donors (Lipinski definition) is 1. The largest absolute Gasteiger partial charge is 0.416 e. The van der Waals surface area contributed by atoms with E-state index in [0.29, 0.717) is 16.3 Å². The van der Waals surface area contributed by atoms with Gasteiger partial charge in [-0.2, -0.15) is 13.2 Å². The summed E-state index contributed by atoms with van der Waals surface area (Å²) in [6.07, 6.45) is -2.16. The highest BCUT2D eigenvalue weighted by Crippen LogP contribution is 2.32. The van der Waals surface area contributed by atoms with Gasteiger partial charge in [0.1, 0.15) is 0 Å². The van der Waals surface area contributed by atoms with Crippen LogP contribution in [0.5, 0.6) is 0 Å². The van der Waals surface area contributed by atoms with Gasteiger partial charge in [-0.1, -0.05) is 30.7 Å². The summed E-state index contributed by atoms with van der Waals surface area (Å²) in [6.45, 7) is 1.95. The van der Waals surface area contributed by atoms with Crippen LogP contribution >= 0.6 is 11.6 Å². The smallest absolute Gasteiger partial charge is 0.341 e. The van der Waals surface area contributed by atoms with E-state index in [9.17, 15) is 22.8 Å². The van der Waals surface area contributed by atoms with Crippen LogP contribution in [-0.4, -0.2) is 46.9 Å². The van der Waals surface area contributed by atoms with Crippen molar-refractivity contribution in [2.75, 3.05) is 19.0 Å². The normalized spacial score (nSPS) is 12.3. The van der Waals surface area contributed by atoms with Gasteiger partial charge in [-0.05, 0) is 69.4 Å². The molecule has 7 nitrogen and oxygen atoms in total. The number of rotatable bonds is 10. The van der Waals surface area contributed by atoms with Crippen LogP contribution in [0.2, 0.25) is 5.02 Å². The molecule has 2 aromatic carbocycles. The van der Waals surface area contributed by atoms with Crippen molar-refractivity contribution in [3.63, 3.8) is 0 Å². The standard InChI is InChI=1S/C27H29ClF3N5O2/c1-4-23(35(2)3)34-24(37)9-6-10-25(38)36(21-13-11-19(12-14-21)27(29,30)31)26-32-16-15-22(33-26)18-7-5-8-20(28)17-18/h5,7-8,11-17,23H,4,6,9-10H2,1-3H3,(H,34,37). The zero-order valence-electron chi connectivity index (χ0n) is 21.3. The number of amides is 2. The number of alkyl halides is 3. The highest BCUT2D eigenvalue weighted by atomic mass is 35.5. The first-order valence-electron chi connectivity index (χ1n) is 12.0. The molecule has 0 aliphatic rings. The van der Waals surface area contributed by atoms with Gasteiger partial charge < -0.3 is 5.32 Å². The zero-order valence-corrected chi connectivity index (χ0v) is 22.1. The van der Waals surface area contributed by atoms with Gasteiger partial charge in [0.05, 0.1) is 23.1 Å². The van der Waals surface area contributed by atoms with Gasteiger partial charge in [0, 0.05) is 29.6 Å². The molecule has 2 amide bonds. The van der Waals surface area contributed by atoms with E-state index in [4.69, 9.17) is 11.6 Å². The summed E-state index contributed by atoms with van der Waals surface area (Å²) in [7, 11) is 3.72. The summed E-state index contributed by atoms with van der Waals surface area (Å²) in [6, 6.07) is 12.8. The predicted octanol–water partition coefficient (Wildman–Crippen LogP) is 6.06. The van der Waals surface area contributed by atoms with Crippen LogP contribution in [0.1, 0.15) is 38.2 Å². The first-order valence-corrected chi connectivity index (χ1v) is 12.4. The van der Waals surface area contributed by atoms with Crippen molar-refractivity contribution in [1.82, 2.24) is 20.2 Å². The Hall–Kier alpha value is -3.50. The lowest BCUT2D eigenvalue weighted by molar-refractivity contribution is -0.137. The molecule has 38 heavy (non-hydrogen) atoms. The fourth-order valence-electron chi connectivity index (χ4n) is 3.80. The van der Waals surface area contributed by atoms with E-state index >= 15 is 0 Å². The second-order valence-electron chi connectivity index (χ2n) is 8.83. The number of halogens is 4. The fraction of sp³-hybridized carbons (Fsp3) is 0.333. The van der Waals surface area contributed by atoms with Gasteiger partial charge >= 0.3 is 6.18 Å². The van der Waals surface area contributed by atoms with Crippen molar-refractivity contribution in [3.8, 4) is 11.3 Å². The molecule has 3 rings (SSSR count). The molecule has 0 aliphatic heterocycles. The van der Waals surface area contributed by atoms with E-state index in [1.165, 1.54) is 23.2 Å². The van der Waals surface area contributed by atoms with E-state index in [1.807, 2.05) is 25.9 Å². The Balaban J connectivity index is 1.86. The number of anilines is 2. The lowest BCUT2D eigenvalue weighted by Gasteiger charge is -2.24. The van der Waals surface area contributed by atoms with Crippen molar-refractivity contribution < 1.29 is 22.8 Å². The van der Waals surface area contributed by atoms with Crippen LogP contribution in [0, 0.1) is 0 Å². The van der Waals surface area contributed by atoms with Crippen molar-refractivity contribution in [2.24, 2.45) is 0 Å². The first kappa shape index (κ1) is 29.1. The van der Waals surface area contributed by atoms with Crippen LogP contribution in [-0.2, 0) is 15.8 Å². The van der Waals surface area contributed by atoms with Gasteiger partial charge in [-0.3, -0.25) is 14.5 Å². The molecule has 1 atom stereocenters. The molecule has 0 fully saturated rings. The van der Waals surface area contributed by atoms with Crippen molar-refractivity contribution in [2.45, 2.75) is 44.9 Å². The molecule has 11 heteroatoms. The predicted molar refractivity (Wildman–Crippen MR) is 141 cm³/mol. The topological polar surface area (TPSA) is 78.4 Å². The van der Waals surface area contributed by atoms with Gasteiger partial charge in [0.2, 0.25) is 17.8 Å². The number of carbonyl (C=O) groups excluding carboxylic acids is 2. The Labute approximate surface area is 224 Å². The van der Waals surface area contributed by atoms with Crippen molar-refractivity contribution >= 4 is 35.1 Å². The highest BCUT2D eigenvalue weighted by Gasteiger charge is 2.31. The number of hydrogen-bond acceptors (Lipinski definition) is 5. The summed E-state index contributed by atoms with van der Waals surface area (Å²) in [5, 5.41) is 3.40. The molecule has 1 unspecified atom stereocenters. The Kier molecular flexibility index (Phi) is 9.82. The number of aromatic nitrogens is 2. The maximum absolute atomic E-state index is 13.4. The van der Waals surface area contributed by atoms with Gasteiger partial charge in [-0.15, -0.1) is 0 Å². The van der Waals surface area contributed by atoms with Gasteiger partial charge in [0.25, 0.3) is 0 Å². The van der Waals surface area contributed by atoms with E-state index in [1.54, 1.807) is 30.3 Å². The number of nitrogens with one attached hydrogen (secondary N) is 1. The molecule has 0 radical (unpaired) electrons. The van der Waals surface area contributed by atoms with Crippen LogP contribution in [0.4, 0.5) is 24.8 Å². The van der Waals surface area contributed by atoms with E-state index in [2.05, 4.69) is 15.3 Å². The molecule has 0 saturated heterocycles. The summed E-state index contributed by atoms with van der Waals surface area (Å²) < 4.78 is 39.4. The Morgan fingerprint density at radius 1 is 1.05 bits per heavy atom. The number of benzene rings is 2. The lowest BCUT2D eigenvalue weighted by atomic mass is 10.1.